The van der Waals surface area contributed by atoms with Crippen molar-refractivity contribution in [3.63, 3.8) is 0 Å². The molecule has 3 amide bonds. The highest BCUT2D eigenvalue weighted by Gasteiger charge is 2.67. The summed E-state index contributed by atoms with van der Waals surface area (Å²) in [5.74, 6) is -0.722. The zero-order valence-electron chi connectivity index (χ0n) is 14.1. The predicted molar refractivity (Wildman–Crippen MR) is 96.6 cm³/mol. The highest BCUT2D eigenvalue weighted by atomic mass is 35.5. The number of rotatable bonds is 4. The normalized spacial score (nSPS) is 30.6. The molecule has 1 aliphatic carbocycles. The number of imide groups is 1. The Morgan fingerprint density at radius 2 is 1.84 bits per heavy atom. The summed E-state index contributed by atoms with van der Waals surface area (Å²) in [6.45, 7) is 3.66. The Hall–Kier alpha value is -1.59. The summed E-state index contributed by atoms with van der Waals surface area (Å²) in [4.78, 5) is 36.2. The number of carbonyl (C=O) groups is 3. The van der Waals surface area contributed by atoms with Gasteiger partial charge in [-0.3, -0.25) is 19.7 Å². The highest BCUT2D eigenvalue weighted by molar-refractivity contribution is 6.53. The summed E-state index contributed by atoms with van der Waals surface area (Å²) in [6.07, 6.45) is 1.82. The third kappa shape index (κ3) is 2.93. The summed E-state index contributed by atoms with van der Waals surface area (Å²) >= 11 is 12.1. The molecule has 1 aromatic rings. The van der Waals surface area contributed by atoms with Crippen molar-refractivity contribution in [1.82, 2.24) is 5.32 Å². The second-order valence-electron chi connectivity index (χ2n) is 7.06. The fraction of sp³-hybridized carbons (Fsp3) is 0.500. The van der Waals surface area contributed by atoms with Gasteiger partial charge in [-0.2, -0.15) is 0 Å². The standard InChI is InChI=1S/C18H20Cl2N2O3/c1-3-17(9-8-13(23)22-15(17)25)11-4-6-12(7-5-11)21-14(24)16(2)10-18(16,19)20/h4-7H,3,8-10H2,1-2H3,(H,21,24)(H,22,23,25)/t16-,17-/m0/s1. The average Bonchev–Trinajstić information content (AvgIpc) is 3.09. The molecule has 7 heteroatoms. The number of anilines is 1. The second kappa shape index (κ2) is 5.99. The van der Waals surface area contributed by atoms with Gasteiger partial charge in [-0.1, -0.05) is 19.1 Å². The number of hydrogen-bond donors (Lipinski definition) is 2. The first kappa shape index (κ1) is 18.2. The molecule has 0 radical (unpaired) electrons. The van der Waals surface area contributed by atoms with Crippen LogP contribution in [0, 0.1) is 5.41 Å². The smallest absolute Gasteiger partial charge is 0.237 e. The minimum Gasteiger partial charge on any atom is -0.326 e. The lowest BCUT2D eigenvalue weighted by molar-refractivity contribution is -0.138. The lowest BCUT2D eigenvalue weighted by Gasteiger charge is -2.35. The maximum Gasteiger partial charge on any atom is 0.237 e. The molecule has 0 bridgehead atoms. The number of halogens is 2. The van der Waals surface area contributed by atoms with Crippen molar-refractivity contribution in [2.24, 2.45) is 5.41 Å². The molecule has 1 aromatic carbocycles. The van der Waals surface area contributed by atoms with Crippen LogP contribution in [0.4, 0.5) is 5.69 Å². The molecular formula is C18H20Cl2N2O3. The fourth-order valence-corrected chi connectivity index (χ4v) is 4.06. The summed E-state index contributed by atoms with van der Waals surface area (Å²) in [7, 11) is 0. The van der Waals surface area contributed by atoms with Crippen LogP contribution >= 0.6 is 23.2 Å². The number of piperidine rings is 1. The van der Waals surface area contributed by atoms with Crippen molar-refractivity contribution in [2.45, 2.75) is 49.3 Å². The number of benzene rings is 1. The molecule has 134 valence electrons. The van der Waals surface area contributed by atoms with E-state index in [0.717, 1.165) is 5.56 Å². The molecule has 1 heterocycles. The number of carbonyl (C=O) groups excluding carboxylic acids is 3. The van der Waals surface area contributed by atoms with E-state index in [2.05, 4.69) is 10.6 Å². The third-order valence-corrected chi connectivity index (χ3v) is 6.63. The Bertz CT molecular complexity index is 747. The summed E-state index contributed by atoms with van der Waals surface area (Å²) in [5, 5.41) is 5.24. The molecule has 2 aliphatic rings. The van der Waals surface area contributed by atoms with E-state index in [0.29, 0.717) is 31.4 Å². The van der Waals surface area contributed by atoms with Gasteiger partial charge in [0, 0.05) is 12.1 Å². The lowest BCUT2D eigenvalue weighted by atomic mass is 9.72. The molecule has 2 N–H and O–H groups in total. The van der Waals surface area contributed by atoms with E-state index in [4.69, 9.17) is 23.2 Å². The molecule has 5 nitrogen and oxygen atoms in total. The van der Waals surface area contributed by atoms with E-state index in [1.807, 2.05) is 19.1 Å². The van der Waals surface area contributed by atoms with Gasteiger partial charge >= 0.3 is 0 Å². The van der Waals surface area contributed by atoms with E-state index < -0.39 is 15.2 Å². The van der Waals surface area contributed by atoms with Crippen LogP contribution in [0.1, 0.15) is 45.1 Å². The van der Waals surface area contributed by atoms with E-state index in [1.54, 1.807) is 19.1 Å². The van der Waals surface area contributed by atoms with Crippen LogP contribution in [0.5, 0.6) is 0 Å². The monoisotopic (exact) mass is 382 g/mol. The topological polar surface area (TPSA) is 75.3 Å². The minimum absolute atomic E-state index is 0.225. The van der Waals surface area contributed by atoms with Crippen molar-refractivity contribution in [3.8, 4) is 0 Å². The van der Waals surface area contributed by atoms with Gasteiger partial charge in [0.25, 0.3) is 0 Å². The molecule has 2 fully saturated rings. The Morgan fingerprint density at radius 3 is 2.32 bits per heavy atom. The molecule has 1 aliphatic heterocycles. The third-order valence-electron chi connectivity index (χ3n) is 5.52. The van der Waals surface area contributed by atoms with Gasteiger partial charge in [-0.25, -0.2) is 0 Å². The molecule has 1 saturated heterocycles. The van der Waals surface area contributed by atoms with E-state index >= 15 is 0 Å². The average molecular weight is 383 g/mol. The van der Waals surface area contributed by atoms with Crippen LogP contribution in [0.15, 0.2) is 24.3 Å². The van der Waals surface area contributed by atoms with Crippen LogP contribution in [0.2, 0.25) is 0 Å². The van der Waals surface area contributed by atoms with Gasteiger partial charge in [0.05, 0.1) is 10.8 Å². The Kier molecular flexibility index (Phi) is 4.36. The zero-order valence-corrected chi connectivity index (χ0v) is 15.6. The quantitative estimate of drug-likeness (QED) is 0.619. The lowest BCUT2D eigenvalue weighted by Crippen LogP contribution is -2.51. The first-order chi connectivity index (χ1) is 11.6. The number of amides is 3. The van der Waals surface area contributed by atoms with Crippen LogP contribution in [0.3, 0.4) is 0 Å². The van der Waals surface area contributed by atoms with Gasteiger partial charge in [0.15, 0.2) is 0 Å². The van der Waals surface area contributed by atoms with E-state index in [1.165, 1.54) is 0 Å². The highest BCUT2D eigenvalue weighted by Crippen LogP contribution is 2.64. The van der Waals surface area contributed by atoms with Gasteiger partial charge in [0.2, 0.25) is 17.7 Å². The zero-order chi connectivity index (χ0) is 18.5. The van der Waals surface area contributed by atoms with Crippen molar-refractivity contribution >= 4 is 46.6 Å². The fourth-order valence-electron chi connectivity index (χ4n) is 3.35. The molecule has 1 saturated carbocycles. The molecule has 0 unspecified atom stereocenters. The maximum atomic E-state index is 12.4. The summed E-state index contributed by atoms with van der Waals surface area (Å²) < 4.78 is -1.02. The van der Waals surface area contributed by atoms with E-state index in [9.17, 15) is 14.4 Å². The Morgan fingerprint density at radius 1 is 1.24 bits per heavy atom. The van der Waals surface area contributed by atoms with E-state index in [-0.39, 0.29) is 17.7 Å². The molecule has 2 atom stereocenters. The summed E-state index contributed by atoms with van der Waals surface area (Å²) in [5.41, 5.74) is -0.0483. The SMILES string of the molecule is CC[C@@]1(c2ccc(NC(=O)[C@]3(C)CC3(Cl)Cl)cc2)CCC(=O)NC1=O. The number of hydrogen-bond acceptors (Lipinski definition) is 3. The first-order valence-corrected chi connectivity index (χ1v) is 9.04. The molecule has 0 spiro atoms. The van der Waals surface area contributed by atoms with Crippen molar-refractivity contribution in [2.75, 3.05) is 5.32 Å². The van der Waals surface area contributed by atoms with Gasteiger partial charge in [0.1, 0.15) is 4.33 Å². The molecule has 0 aromatic heterocycles. The molecule has 3 rings (SSSR count). The predicted octanol–water partition coefficient (Wildman–Crippen LogP) is 3.29. The van der Waals surface area contributed by atoms with Crippen LogP contribution < -0.4 is 10.6 Å². The van der Waals surface area contributed by atoms with Crippen LogP contribution in [0.25, 0.3) is 0 Å². The largest absolute Gasteiger partial charge is 0.326 e. The van der Waals surface area contributed by atoms with Gasteiger partial charge in [-0.05, 0) is 43.9 Å². The first-order valence-electron chi connectivity index (χ1n) is 8.29. The number of alkyl halides is 2. The minimum atomic E-state index is -1.02. The van der Waals surface area contributed by atoms with Crippen molar-refractivity contribution < 1.29 is 14.4 Å². The summed E-state index contributed by atoms with van der Waals surface area (Å²) in [6, 6.07) is 7.14. The van der Waals surface area contributed by atoms with Crippen LogP contribution in [-0.4, -0.2) is 22.1 Å². The van der Waals surface area contributed by atoms with Gasteiger partial charge < -0.3 is 5.32 Å². The molecule has 25 heavy (non-hydrogen) atoms. The van der Waals surface area contributed by atoms with Crippen molar-refractivity contribution in [3.05, 3.63) is 29.8 Å². The van der Waals surface area contributed by atoms with Crippen LogP contribution in [-0.2, 0) is 19.8 Å². The Balaban J connectivity index is 1.77. The van der Waals surface area contributed by atoms with Crippen molar-refractivity contribution in [1.29, 1.82) is 0 Å². The molecular weight excluding hydrogens is 363 g/mol. The number of nitrogens with one attached hydrogen (secondary N) is 2. The maximum absolute atomic E-state index is 12.4. The Labute approximate surface area is 156 Å². The second-order valence-corrected chi connectivity index (χ2v) is 8.54. The van der Waals surface area contributed by atoms with Gasteiger partial charge in [-0.15, -0.1) is 23.2 Å².